The lowest BCUT2D eigenvalue weighted by Crippen LogP contribution is -2.20. The number of hydrogen-bond donors (Lipinski definition) is 1. The van der Waals surface area contributed by atoms with Crippen LogP contribution in [0.4, 0.5) is 4.39 Å². The molecule has 1 aromatic rings. The Balaban J connectivity index is 2.02. The average Bonchev–Trinajstić information content (AvgIpc) is 2.84. The zero-order valence-electron chi connectivity index (χ0n) is 12.0. The lowest BCUT2D eigenvalue weighted by Gasteiger charge is -2.17. The Hall–Kier alpha value is -0.620. The van der Waals surface area contributed by atoms with Gasteiger partial charge in [-0.3, -0.25) is 0 Å². The number of rotatable bonds is 7. The Morgan fingerprint density at radius 3 is 3.05 bits per heavy atom. The zero-order valence-corrected chi connectivity index (χ0v) is 12.8. The van der Waals surface area contributed by atoms with Crippen molar-refractivity contribution in [2.45, 2.75) is 36.1 Å². The van der Waals surface area contributed by atoms with Gasteiger partial charge in [-0.2, -0.15) is 0 Å². The number of methoxy groups -OCH3 is 1. The first kappa shape index (κ1) is 15.8. The number of nitrogens with one attached hydrogen (secondary N) is 1. The highest BCUT2D eigenvalue weighted by Gasteiger charge is 2.27. The first-order valence-corrected chi connectivity index (χ1v) is 7.85. The molecule has 0 amide bonds. The highest BCUT2D eigenvalue weighted by atomic mass is 32.2. The summed E-state index contributed by atoms with van der Waals surface area (Å²) in [5.74, 6) is -0.139. The minimum Gasteiger partial charge on any atom is -0.383 e. The lowest BCUT2D eigenvalue weighted by molar-refractivity contribution is 0.127. The van der Waals surface area contributed by atoms with Gasteiger partial charge >= 0.3 is 0 Å². The number of thioether (sulfide) groups is 1. The summed E-state index contributed by atoms with van der Waals surface area (Å²) < 4.78 is 24.6. The van der Waals surface area contributed by atoms with Crippen molar-refractivity contribution in [3.63, 3.8) is 0 Å². The van der Waals surface area contributed by atoms with Gasteiger partial charge < -0.3 is 14.8 Å². The second-order valence-corrected chi connectivity index (χ2v) is 6.17. The van der Waals surface area contributed by atoms with E-state index in [4.69, 9.17) is 9.47 Å². The first-order chi connectivity index (χ1) is 9.72. The van der Waals surface area contributed by atoms with Gasteiger partial charge in [0.2, 0.25) is 0 Å². The van der Waals surface area contributed by atoms with Gasteiger partial charge in [-0.15, -0.1) is 11.8 Å². The predicted molar refractivity (Wildman–Crippen MR) is 79.7 cm³/mol. The number of halogens is 1. The maximum atomic E-state index is 14.1. The molecule has 112 valence electrons. The van der Waals surface area contributed by atoms with Gasteiger partial charge in [-0.05, 0) is 25.0 Å². The summed E-state index contributed by atoms with van der Waals surface area (Å²) in [6, 6.07) is 5.27. The molecule has 1 aliphatic rings. The molecular formula is C15H22FNO2S. The molecule has 1 fully saturated rings. The molecule has 20 heavy (non-hydrogen) atoms. The maximum Gasteiger partial charge on any atom is 0.137 e. The molecule has 1 aliphatic heterocycles. The van der Waals surface area contributed by atoms with Gasteiger partial charge in [0.15, 0.2) is 0 Å². The highest BCUT2D eigenvalue weighted by molar-refractivity contribution is 8.00. The van der Waals surface area contributed by atoms with Crippen molar-refractivity contribution in [1.29, 1.82) is 0 Å². The van der Waals surface area contributed by atoms with Gasteiger partial charge in [0.05, 0.1) is 12.7 Å². The van der Waals surface area contributed by atoms with Gasteiger partial charge in [0.25, 0.3) is 0 Å². The lowest BCUT2D eigenvalue weighted by atomic mass is 10.2. The van der Waals surface area contributed by atoms with Crippen LogP contribution < -0.4 is 5.32 Å². The van der Waals surface area contributed by atoms with Crippen LogP contribution in [-0.2, 0) is 16.0 Å². The van der Waals surface area contributed by atoms with E-state index < -0.39 is 0 Å². The number of hydrogen-bond acceptors (Lipinski definition) is 4. The molecule has 0 aromatic heterocycles. The molecule has 0 saturated carbocycles. The van der Waals surface area contributed by atoms with Gasteiger partial charge in [0, 0.05) is 37.0 Å². The van der Waals surface area contributed by atoms with Crippen molar-refractivity contribution in [3.05, 3.63) is 29.6 Å². The van der Waals surface area contributed by atoms with Crippen molar-refractivity contribution in [2.75, 3.05) is 26.9 Å². The van der Waals surface area contributed by atoms with Crippen molar-refractivity contribution < 1.29 is 13.9 Å². The Morgan fingerprint density at radius 1 is 1.50 bits per heavy atom. The Bertz CT molecular complexity index is 430. The summed E-state index contributed by atoms with van der Waals surface area (Å²) in [6.45, 7) is 4.91. The van der Waals surface area contributed by atoms with Crippen LogP contribution in [0.2, 0.25) is 0 Å². The monoisotopic (exact) mass is 299 g/mol. The third-order valence-corrected chi connectivity index (χ3v) is 5.04. The third kappa shape index (κ3) is 4.19. The molecule has 2 rings (SSSR count). The van der Waals surface area contributed by atoms with E-state index in [0.717, 1.165) is 30.0 Å². The van der Waals surface area contributed by atoms with Crippen molar-refractivity contribution in [2.24, 2.45) is 0 Å². The summed E-state index contributed by atoms with van der Waals surface area (Å²) in [4.78, 5) is 0.750. The smallest absolute Gasteiger partial charge is 0.137 e. The van der Waals surface area contributed by atoms with Crippen molar-refractivity contribution in [3.8, 4) is 0 Å². The van der Waals surface area contributed by atoms with Gasteiger partial charge in [0.1, 0.15) is 5.82 Å². The molecule has 1 aromatic carbocycles. The second kappa shape index (κ2) is 7.98. The summed E-state index contributed by atoms with van der Waals surface area (Å²) in [6.07, 6.45) is 1.17. The number of ether oxygens (including phenoxy) is 2. The average molecular weight is 299 g/mol. The Kier molecular flexibility index (Phi) is 6.29. The van der Waals surface area contributed by atoms with E-state index in [1.54, 1.807) is 24.9 Å². The molecule has 2 atom stereocenters. The summed E-state index contributed by atoms with van der Waals surface area (Å²) in [7, 11) is 1.67. The van der Waals surface area contributed by atoms with E-state index in [1.807, 2.05) is 6.07 Å². The molecule has 0 radical (unpaired) electrons. The van der Waals surface area contributed by atoms with Crippen molar-refractivity contribution >= 4 is 11.8 Å². The fourth-order valence-corrected chi connectivity index (χ4v) is 3.50. The molecule has 5 heteroatoms. The van der Waals surface area contributed by atoms with Gasteiger partial charge in [-0.25, -0.2) is 4.39 Å². The highest BCUT2D eigenvalue weighted by Crippen LogP contribution is 2.36. The molecule has 0 spiro atoms. The molecule has 1 N–H and O–H groups in total. The fourth-order valence-electron chi connectivity index (χ4n) is 2.24. The maximum absolute atomic E-state index is 14.1. The van der Waals surface area contributed by atoms with Crippen LogP contribution in [0.5, 0.6) is 0 Å². The SMILES string of the molecule is COCCNCc1cccc(F)c1SC1CCOC1C. The first-order valence-electron chi connectivity index (χ1n) is 6.97. The fraction of sp³-hybridized carbons (Fsp3) is 0.600. The van der Waals surface area contributed by atoms with Crippen LogP contribution in [0.25, 0.3) is 0 Å². The van der Waals surface area contributed by atoms with Crippen LogP contribution in [-0.4, -0.2) is 38.2 Å². The van der Waals surface area contributed by atoms with E-state index in [0.29, 0.717) is 18.4 Å². The van der Waals surface area contributed by atoms with E-state index in [9.17, 15) is 4.39 Å². The molecule has 2 unspecified atom stereocenters. The minimum absolute atomic E-state index is 0.139. The number of benzene rings is 1. The van der Waals surface area contributed by atoms with E-state index in [1.165, 1.54) is 6.07 Å². The topological polar surface area (TPSA) is 30.5 Å². The van der Waals surface area contributed by atoms with E-state index in [2.05, 4.69) is 12.2 Å². The Morgan fingerprint density at radius 2 is 2.35 bits per heavy atom. The van der Waals surface area contributed by atoms with Gasteiger partial charge in [-0.1, -0.05) is 12.1 Å². The summed E-state index contributed by atoms with van der Waals surface area (Å²) >= 11 is 1.61. The molecule has 0 bridgehead atoms. The summed E-state index contributed by atoms with van der Waals surface area (Å²) in [5.41, 5.74) is 1.00. The van der Waals surface area contributed by atoms with Crippen LogP contribution in [0.3, 0.4) is 0 Å². The largest absolute Gasteiger partial charge is 0.383 e. The standard InChI is InChI=1S/C15H22FNO2S/c1-11-14(6-8-19-11)20-15-12(4-3-5-13(15)16)10-17-7-9-18-2/h3-5,11,14,17H,6-10H2,1-2H3. The quantitative estimate of drug-likeness (QED) is 0.784. The van der Waals surface area contributed by atoms with E-state index in [-0.39, 0.29) is 11.9 Å². The van der Waals surface area contributed by atoms with Crippen LogP contribution in [0.15, 0.2) is 23.1 Å². The molecule has 1 saturated heterocycles. The normalized spacial score (nSPS) is 22.4. The van der Waals surface area contributed by atoms with Crippen molar-refractivity contribution in [1.82, 2.24) is 5.32 Å². The predicted octanol–water partition coefficient (Wildman–Crippen LogP) is 2.83. The molecular weight excluding hydrogens is 277 g/mol. The van der Waals surface area contributed by atoms with E-state index >= 15 is 0 Å². The molecule has 0 aliphatic carbocycles. The molecule has 3 nitrogen and oxygen atoms in total. The van der Waals surface area contributed by atoms with Crippen LogP contribution in [0, 0.1) is 5.82 Å². The summed E-state index contributed by atoms with van der Waals surface area (Å²) in [5, 5.41) is 3.61. The Labute approximate surface area is 124 Å². The molecule has 1 heterocycles. The third-order valence-electron chi connectivity index (χ3n) is 3.42. The van der Waals surface area contributed by atoms with Crippen LogP contribution in [0.1, 0.15) is 18.9 Å². The van der Waals surface area contributed by atoms with Crippen LogP contribution >= 0.6 is 11.8 Å². The second-order valence-electron chi connectivity index (χ2n) is 4.92. The zero-order chi connectivity index (χ0) is 14.4. The minimum atomic E-state index is -0.139.